The summed E-state index contributed by atoms with van der Waals surface area (Å²) in [5.74, 6) is 0.274. The first-order chi connectivity index (χ1) is 12.4. The summed E-state index contributed by atoms with van der Waals surface area (Å²) in [6, 6.07) is 5.67. The first kappa shape index (κ1) is 17.5. The number of piperidine rings is 1. The van der Waals surface area contributed by atoms with Crippen LogP contribution in [0.15, 0.2) is 30.5 Å². The molecule has 1 atom stereocenters. The van der Waals surface area contributed by atoms with Crippen LogP contribution in [-0.2, 0) is 27.6 Å². The van der Waals surface area contributed by atoms with Crippen LogP contribution in [-0.4, -0.2) is 35.8 Å². The zero-order chi connectivity index (χ0) is 18.4. The Balaban J connectivity index is 1.59. The van der Waals surface area contributed by atoms with E-state index in [4.69, 9.17) is 0 Å². The lowest BCUT2D eigenvalue weighted by Crippen LogP contribution is -2.48. The van der Waals surface area contributed by atoms with Crippen LogP contribution in [0.3, 0.4) is 0 Å². The molecule has 0 amide bonds. The molecule has 138 valence electrons. The SMILES string of the molecule is Cc1ncc2c(n1)C1(CCCN(S(=O)(=O)Cc3ccc(F)cc3)C1)CC2. The second-order valence-corrected chi connectivity index (χ2v) is 9.36. The largest absolute Gasteiger partial charge is 0.241 e. The van der Waals surface area contributed by atoms with Gasteiger partial charge in [0, 0.05) is 24.7 Å². The third kappa shape index (κ3) is 3.14. The predicted octanol–water partition coefficient (Wildman–Crippen LogP) is 2.73. The van der Waals surface area contributed by atoms with E-state index in [9.17, 15) is 12.8 Å². The summed E-state index contributed by atoms with van der Waals surface area (Å²) in [5.41, 5.74) is 2.59. The standard InChI is InChI=1S/C19H22FN3O2S/c1-14-21-11-16-7-9-19(18(16)22-14)8-2-10-23(13-19)26(24,25)12-15-3-5-17(20)6-4-15/h3-6,11H,2,7-10,12-13H2,1H3. The maximum atomic E-state index is 13.1. The fourth-order valence-corrected chi connectivity index (χ4v) is 5.88. The molecule has 2 aliphatic rings. The molecule has 1 fully saturated rings. The summed E-state index contributed by atoms with van der Waals surface area (Å²) in [6.07, 6.45) is 5.49. The Morgan fingerprint density at radius 3 is 2.77 bits per heavy atom. The summed E-state index contributed by atoms with van der Waals surface area (Å²) >= 11 is 0. The molecule has 1 spiro atoms. The predicted molar refractivity (Wildman–Crippen MR) is 96.6 cm³/mol. The number of hydrogen-bond acceptors (Lipinski definition) is 4. The van der Waals surface area contributed by atoms with E-state index >= 15 is 0 Å². The normalized spacial score (nSPS) is 23.3. The van der Waals surface area contributed by atoms with Gasteiger partial charge < -0.3 is 0 Å². The summed E-state index contributed by atoms with van der Waals surface area (Å²) in [6.45, 7) is 2.88. The molecule has 4 rings (SSSR count). The lowest BCUT2D eigenvalue weighted by Gasteiger charge is -2.39. The van der Waals surface area contributed by atoms with Gasteiger partial charge in [-0.2, -0.15) is 0 Å². The molecule has 1 aromatic carbocycles. The van der Waals surface area contributed by atoms with Crippen LogP contribution >= 0.6 is 0 Å². The first-order valence-corrected chi connectivity index (χ1v) is 10.5. The van der Waals surface area contributed by atoms with Crippen LogP contribution in [0.5, 0.6) is 0 Å². The topological polar surface area (TPSA) is 63.2 Å². The molecule has 0 N–H and O–H groups in total. The Bertz CT molecular complexity index is 926. The van der Waals surface area contributed by atoms with Crippen LogP contribution in [0.25, 0.3) is 0 Å². The molecule has 1 aliphatic carbocycles. The van der Waals surface area contributed by atoms with Crippen molar-refractivity contribution < 1.29 is 12.8 Å². The average Bonchev–Trinajstić information content (AvgIpc) is 2.94. The van der Waals surface area contributed by atoms with Gasteiger partial charge in [-0.05, 0) is 55.9 Å². The van der Waals surface area contributed by atoms with Crippen LogP contribution in [0.2, 0.25) is 0 Å². The number of nitrogens with zero attached hydrogens (tertiary/aromatic N) is 3. The van der Waals surface area contributed by atoms with E-state index in [-0.39, 0.29) is 17.0 Å². The number of aryl methyl sites for hydroxylation is 2. The minimum Gasteiger partial charge on any atom is -0.241 e. The highest BCUT2D eigenvalue weighted by molar-refractivity contribution is 7.88. The number of aromatic nitrogens is 2. The van der Waals surface area contributed by atoms with Crippen molar-refractivity contribution in [3.63, 3.8) is 0 Å². The summed E-state index contributed by atoms with van der Waals surface area (Å²) in [5, 5.41) is 0. The molecule has 1 unspecified atom stereocenters. The smallest absolute Gasteiger partial charge is 0.218 e. The number of sulfonamides is 1. The molecule has 0 radical (unpaired) electrons. The van der Waals surface area contributed by atoms with Crippen LogP contribution in [0.4, 0.5) is 4.39 Å². The van der Waals surface area contributed by atoms with Gasteiger partial charge in [0.05, 0.1) is 11.4 Å². The molecular weight excluding hydrogens is 353 g/mol. The second-order valence-electron chi connectivity index (χ2n) is 7.39. The number of halogens is 1. The van der Waals surface area contributed by atoms with Crippen LogP contribution in [0, 0.1) is 12.7 Å². The first-order valence-electron chi connectivity index (χ1n) is 8.93. The number of rotatable bonds is 3. The van der Waals surface area contributed by atoms with Crippen molar-refractivity contribution in [1.29, 1.82) is 0 Å². The summed E-state index contributed by atoms with van der Waals surface area (Å²) in [7, 11) is -3.46. The van der Waals surface area contributed by atoms with E-state index in [0.717, 1.165) is 42.8 Å². The van der Waals surface area contributed by atoms with Crippen LogP contribution < -0.4 is 0 Å². The van der Waals surface area contributed by atoms with Crippen molar-refractivity contribution >= 4 is 10.0 Å². The Morgan fingerprint density at radius 2 is 2.00 bits per heavy atom. The molecule has 7 heteroatoms. The van der Waals surface area contributed by atoms with Crippen molar-refractivity contribution in [1.82, 2.24) is 14.3 Å². The lowest BCUT2D eigenvalue weighted by atomic mass is 9.78. The molecule has 5 nitrogen and oxygen atoms in total. The Labute approximate surface area is 153 Å². The van der Waals surface area contributed by atoms with Crippen molar-refractivity contribution in [3.05, 3.63) is 58.9 Å². The molecule has 0 bridgehead atoms. The van der Waals surface area contributed by atoms with Gasteiger partial charge >= 0.3 is 0 Å². The minimum absolute atomic E-state index is 0.0982. The molecule has 2 aromatic rings. The highest BCUT2D eigenvalue weighted by atomic mass is 32.2. The molecular formula is C19H22FN3O2S. The zero-order valence-corrected chi connectivity index (χ0v) is 15.6. The van der Waals surface area contributed by atoms with Gasteiger partial charge in [0.15, 0.2) is 0 Å². The van der Waals surface area contributed by atoms with Gasteiger partial charge in [-0.15, -0.1) is 0 Å². The highest BCUT2D eigenvalue weighted by Gasteiger charge is 2.45. The van der Waals surface area contributed by atoms with Crippen molar-refractivity contribution in [2.75, 3.05) is 13.1 Å². The third-order valence-corrected chi connectivity index (χ3v) is 7.35. The van der Waals surface area contributed by atoms with E-state index in [1.165, 1.54) is 24.3 Å². The highest BCUT2D eigenvalue weighted by Crippen LogP contribution is 2.44. The molecule has 1 aliphatic heterocycles. The van der Waals surface area contributed by atoms with Gasteiger partial charge in [-0.3, -0.25) is 0 Å². The van der Waals surface area contributed by atoms with Gasteiger partial charge in [-0.1, -0.05) is 12.1 Å². The average molecular weight is 375 g/mol. The Morgan fingerprint density at radius 1 is 1.23 bits per heavy atom. The fourth-order valence-electron chi connectivity index (χ4n) is 4.24. The summed E-state index contributed by atoms with van der Waals surface area (Å²) in [4.78, 5) is 8.95. The maximum absolute atomic E-state index is 13.1. The molecule has 1 saturated heterocycles. The van der Waals surface area contributed by atoms with Gasteiger partial charge in [0.25, 0.3) is 0 Å². The van der Waals surface area contributed by atoms with E-state index < -0.39 is 10.0 Å². The molecule has 26 heavy (non-hydrogen) atoms. The summed E-state index contributed by atoms with van der Waals surface area (Å²) < 4.78 is 40.6. The third-order valence-electron chi connectivity index (χ3n) is 5.56. The molecule has 0 saturated carbocycles. The van der Waals surface area contributed by atoms with E-state index in [0.29, 0.717) is 18.7 Å². The van der Waals surface area contributed by atoms with Crippen LogP contribution in [0.1, 0.15) is 41.9 Å². The quantitative estimate of drug-likeness (QED) is 0.828. The number of fused-ring (bicyclic) bond motifs is 2. The van der Waals surface area contributed by atoms with Gasteiger partial charge in [0.2, 0.25) is 10.0 Å². The van der Waals surface area contributed by atoms with Gasteiger partial charge in [-0.25, -0.2) is 27.1 Å². The van der Waals surface area contributed by atoms with Crippen molar-refractivity contribution in [2.45, 2.75) is 43.8 Å². The number of benzene rings is 1. The fraction of sp³-hybridized carbons (Fsp3) is 0.474. The minimum atomic E-state index is -3.46. The van der Waals surface area contributed by atoms with Crippen molar-refractivity contribution in [2.24, 2.45) is 0 Å². The Hall–Kier alpha value is -1.86. The lowest BCUT2D eigenvalue weighted by molar-refractivity contribution is 0.219. The van der Waals surface area contributed by atoms with E-state index in [1.54, 1.807) is 4.31 Å². The zero-order valence-electron chi connectivity index (χ0n) is 14.8. The molecule has 2 heterocycles. The monoisotopic (exact) mass is 375 g/mol. The van der Waals surface area contributed by atoms with Gasteiger partial charge in [0.1, 0.15) is 11.6 Å². The number of hydrogen-bond donors (Lipinski definition) is 0. The van der Waals surface area contributed by atoms with E-state index in [2.05, 4.69) is 9.97 Å². The Kier molecular flexibility index (Phi) is 4.31. The van der Waals surface area contributed by atoms with E-state index in [1.807, 2.05) is 13.1 Å². The van der Waals surface area contributed by atoms with Crippen molar-refractivity contribution in [3.8, 4) is 0 Å². The maximum Gasteiger partial charge on any atom is 0.218 e. The second kappa shape index (κ2) is 6.39. The molecule has 1 aromatic heterocycles.